The van der Waals surface area contributed by atoms with E-state index in [1.807, 2.05) is 25.1 Å². The Labute approximate surface area is 115 Å². The second-order valence-electron chi connectivity index (χ2n) is 5.01. The summed E-state index contributed by atoms with van der Waals surface area (Å²) in [5.41, 5.74) is 9.25. The van der Waals surface area contributed by atoms with Gasteiger partial charge in [-0.2, -0.15) is 0 Å². The molecule has 0 saturated heterocycles. The minimum absolute atomic E-state index is 0.662. The predicted octanol–water partition coefficient (Wildman–Crippen LogP) is 3.97. The number of hydrogen-bond acceptors (Lipinski definition) is 3. The van der Waals surface area contributed by atoms with Crippen LogP contribution in [0, 0.1) is 0 Å². The Kier molecular flexibility index (Phi) is 5.13. The van der Waals surface area contributed by atoms with Crippen molar-refractivity contribution in [1.82, 2.24) is 0 Å². The van der Waals surface area contributed by atoms with Crippen molar-refractivity contribution in [3.8, 4) is 5.75 Å². The Balaban J connectivity index is 1.86. The summed E-state index contributed by atoms with van der Waals surface area (Å²) in [7, 11) is 0. The molecule has 0 bridgehead atoms. The molecule has 104 valence electrons. The molecule has 0 aromatic heterocycles. The fraction of sp³-hybridized carbons (Fsp3) is 0.500. The average Bonchev–Trinajstić information content (AvgIpc) is 2.40. The van der Waals surface area contributed by atoms with Crippen LogP contribution in [0.3, 0.4) is 0 Å². The lowest BCUT2D eigenvalue weighted by Gasteiger charge is -2.14. The summed E-state index contributed by atoms with van der Waals surface area (Å²) in [6.45, 7) is 3.60. The van der Waals surface area contributed by atoms with Gasteiger partial charge in [0.1, 0.15) is 5.75 Å². The van der Waals surface area contributed by atoms with E-state index < -0.39 is 0 Å². The van der Waals surface area contributed by atoms with E-state index in [9.17, 15) is 0 Å². The van der Waals surface area contributed by atoms with Crippen molar-refractivity contribution in [2.45, 2.75) is 39.0 Å². The normalized spacial score (nSPS) is 14.9. The first kappa shape index (κ1) is 13.8. The minimum Gasteiger partial charge on any atom is -0.494 e. The van der Waals surface area contributed by atoms with Crippen LogP contribution in [0.4, 0.5) is 11.4 Å². The van der Waals surface area contributed by atoms with Gasteiger partial charge < -0.3 is 15.8 Å². The number of ether oxygens (including phenoxy) is 1. The largest absolute Gasteiger partial charge is 0.494 e. The number of benzene rings is 1. The van der Waals surface area contributed by atoms with Crippen LogP contribution in [0.15, 0.2) is 29.8 Å². The first-order chi connectivity index (χ1) is 9.28. The zero-order chi connectivity index (χ0) is 13.5. The van der Waals surface area contributed by atoms with Gasteiger partial charge in [-0.05, 0) is 45.1 Å². The molecule has 0 saturated carbocycles. The fourth-order valence-corrected chi connectivity index (χ4v) is 2.47. The second kappa shape index (κ2) is 7.07. The van der Waals surface area contributed by atoms with Crippen molar-refractivity contribution in [1.29, 1.82) is 0 Å². The lowest BCUT2D eigenvalue weighted by molar-refractivity contribution is 0.340. The van der Waals surface area contributed by atoms with Crippen molar-refractivity contribution < 1.29 is 4.74 Å². The molecule has 0 amide bonds. The van der Waals surface area contributed by atoms with Crippen LogP contribution >= 0.6 is 0 Å². The van der Waals surface area contributed by atoms with Crippen LogP contribution in [-0.2, 0) is 0 Å². The molecule has 19 heavy (non-hydrogen) atoms. The highest BCUT2D eigenvalue weighted by molar-refractivity contribution is 5.59. The van der Waals surface area contributed by atoms with E-state index in [1.165, 1.54) is 25.7 Å². The van der Waals surface area contributed by atoms with Crippen LogP contribution in [0.25, 0.3) is 0 Å². The van der Waals surface area contributed by atoms with Gasteiger partial charge in [0.25, 0.3) is 0 Å². The van der Waals surface area contributed by atoms with Crippen molar-refractivity contribution in [2.24, 2.45) is 0 Å². The average molecular weight is 260 g/mol. The molecular formula is C16H24N2O. The molecule has 1 aliphatic rings. The molecule has 0 heterocycles. The number of nitrogens with one attached hydrogen (secondary N) is 1. The van der Waals surface area contributed by atoms with Gasteiger partial charge in [0.15, 0.2) is 0 Å². The second-order valence-corrected chi connectivity index (χ2v) is 5.01. The molecule has 0 unspecified atom stereocenters. The van der Waals surface area contributed by atoms with Crippen LogP contribution in [-0.4, -0.2) is 13.2 Å². The summed E-state index contributed by atoms with van der Waals surface area (Å²) in [4.78, 5) is 0. The lowest BCUT2D eigenvalue weighted by Crippen LogP contribution is -2.05. The molecule has 0 atom stereocenters. The zero-order valence-corrected chi connectivity index (χ0v) is 11.7. The quantitative estimate of drug-likeness (QED) is 0.601. The monoisotopic (exact) mass is 260 g/mol. The van der Waals surface area contributed by atoms with Crippen molar-refractivity contribution in [3.05, 3.63) is 29.8 Å². The van der Waals surface area contributed by atoms with Crippen molar-refractivity contribution in [2.75, 3.05) is 24.2 Å². The highest BCUT2D eigenvalue weighted by atomic mass is 16.5. The molecule has 0 radical (unpaired) electrons. The van der Waals surface area contributed by atoms with Crippen LogP contribution in [0.2, 0.25) is 0 Å². The van der Waals surface area contributed by atoms with E-state index in [1.54, 1.807) is 5.57 Å². The zero-order valence-electron chi connectivity index (χ0n) is 11.7. The number of nitrogens with two attached hydrogens (primary N) is 1. The highest BCUT2D eigenvalue weighted by Gasteiger charge is 2.04. The van der Waals surface area contributed by atoms with Gasteiger partial charge in [0, 0.05) is 30.1 Å². The molecule has 0 aliphatic heterocycles. The van der Waals surface area contributed by atoms with Gasteiger partial charge in [-0.15, -0.1) is 0 Å². The fourth-order valence-electron chi connectivity index (χ4n) is 2.47. The molecule has 3 heteroatoms. The summed E-state index contributed by atoms with van der Waals surface area (Å²) in [6, 6.07) is 5.82. The van der Waals surface area contributed by atoms with Gasteiger partial charge in [0.2, 0.25) is 0 Å². The maximum absolute atomic E-state index is 5.87. The first-order valence-electron chi connectivity index (χ1n) is 7.23. The third kappa shape index (κ3) is 4.51. The number of hydrogen-bond donors (Lipinski definition) is 2. The molecule has 1 aliphatic carbocycles. The Morgan fingerprint density at radius 1 is 1.26 bits per heavy atom. The van der Waals surface area contributed by atoms with E-state index >= 15 is 0 Å². The third-order valence-electron chi connectivity index (χ3n) is 3.40. The summed E-state index contributed by atoms with van der Waals surface area (Å²) in [6.07, 6.45) is 8.74. The minimum atomic E-state index is 0.662. The van der Waals surface area contributed by atoms with Gasteiger partial charge in [0.05, 0.1) is 6.61 Å². The van der Waals surface area contributed by atoms with Crippen molar-refractivity contribution >= 4 is 11.4 Å². The summed E-state index contributed by atoms with van der Waals surface area (Å²) < 4.78 is 5.49. The van der Waals surface area contributed by atoms with E-state index in [-0.39, 0.29) is 0 Å². The van der Waals surface area contributed by atoms with Crippen molar-refractivity contribution in [3.63, 3.8) is 0 Å². The first-order valence-corrected chi connectivity index (χ1v) is 7.23. The van der Waals surface area contributed by atoms with Crippen LogP contribution < -0.4 is 15.8 Å². The Bertz CT molecular complexity index is 440. The Morgan fingerprint density at radius 2 is 2.16 bits per heavy atom. The predicted molar refractivity (Wildman–Crippen MR) is 81.7 cm³/mol. The van der Waals surface area contributed by atoms with E-state index in [0.29, 0.717) is 6.61 Å². The Hall–Kier alpha value is -1.64. The maximum Gasteiger partial charge on any atom is 0.123 e. The molecule has 1 aromatic rings. The molecule has 0 spiro atoms. The number of nitrogen functional groups attached to an aromatic ring is 1. The van der Waals surface area contributed by atoms with Crippen LogP contribution in [0.5, 0.6) is 5.75 Å². The van der Waals surface area contributed by atoms with Gasteiger partial charge in [-0.3, -0.25) is 0 Å². The summed E-state index contributed by atoms with van der Waals surface area (Å²) >= 11 is 0. The SMILES string of the molecule is CCOc1cc(N)cc(NCCC2=CCCCC2)c1. The number of rotatable bonds is 6. The topological polar surface area (TPSA) is 47.3 Å². The highest BCUT2D eigenvalue weighted by Crippen LogP contribution is 2.24. The summed E-state index contributed by atoms with van der Waals surface area (Å²) in [5, 5.41) is 3.43. The van der Waals surface area contributed by atoms with Gasteiger partial charge >= 0.3 is 0 Å². The smallest absolute Gasteiger partial charge is 0.123 e. The van der Waals surface area contributed by atoms with E-state index in [2.05, 4.69) is 11.4 Å². The third-order valence-corrected chi connectivity index (χ3v) is 3.40. The molecule has 2 rings (SSSR count). The van der Waals surface area contributed by atoms with E-state index in [4.69, 9.17) is 10.5 Å². The van der Waals surface area contributed by atoms with Crippen LogP contribution in [0.1, 0.15) is 39.0 Å². The maximum atomic E-state index is 5.87. The molecular weight excluding hydrogens is 236 g/mol. The standard InChI is InChI=1S/C16H24N2O/c1-2-19-16-11-14(17)10-15(12-16)18-9-8-13-6-4-3-5-7-13/h6,10-12,18H,2-5,7-9,17H2,1H3. The van der Waals surface area contributed by atoms with Gasteiger partial charge in [-0.1, -0.05) is 11.6 Å². The molecule has 0 fully saturated rings. The Morgan fingerprint density at radius 3 is 2.89 bits per heavy atom. The number of anilines is 2. The lowest BCUT2D eigenvalue weighted by atomic mass is 9.97. The number of allylic oxidation sites excluding steroid dienone is 1. The molecule has 3 nitrogen and oxygen atoms in total. The molecule has 1 aromatic carbocycles. The summed E-state index contributed by atoms with van der Waals surface area (Å²) in [5.74, 6) is 0.835. The molecule has 3 N–H and O–H groups in total. The van der Waals surface area contributed by atoms with E-state index in [0.717, 1.165) is 30.1 Å². The van der Waals surface area contributed by atoms with Gasteiger partial charge in [-0.25, -0.2) is 0 Å².